The first-order valence-corrected chi connectivity index (χ1v) is 6.72. The van der Waals surface area contributed by atoms with Crippen LogP contribution >= 0.6 is 11.6 Å². The third kappa shape index (κ3) is 3.64. The average molecular weight is 255 g/mol. The summed E-state index contributed by atoms with van der Waals surface area (Å²) in [6, 6.07) is 4.29. The van der Waals surface area contributed by atoms with Gasteiger partial charge < -0.3 is 4.74 Å². The van der Waals surface area contributed by atoms with Gasteiger partial charge in [-0.1, -0.05) is 32.4 Å². The molecule has 0 saturated carbocycles. The zero-order valence-corrected chi connectivity index (χ0v) is 12.3. The molecule has 0 spiro atoms. The van der Waals surface area contributed by atoms with Crippen molar-refractivity contribution >= 4 is 11.6 Å². The number of benzene rings is 1. The van der Waals surface area contributed by atoms with E-state index >= 15 is 0 Å². The lowest BCUT2D eigenvalue weighted by Crippen LogP contribution is -2.01. The quantitative estimate of drug-likeness (QED) is 0.670. The van der Waals surface area contributed by atoms with E-state index in [4.69, 9.17) is 16.3 Å². The molecule has 0 aromatic heterocycles. The summed E-state index contributed by atoms with van der Waals surface area (Å²) in [4.78, 5) is 0. The fourth-order valence-corrected chi connectivity index (χ4v) is 2.57. The summed E-state index contributed by atoms with van der Waals surface area (Å²) < 4.78 is 5.37. The molecule has 0 aliphatic rings. The van der Waals surface area contributed by atoms with Gasteiger partial charge in [0.25, 0.3) is 0 Å². The van der Waals surface area contributed by atoms with Gasteiger partial charge in [-0.25, -0.2) is 0 Å². The van der Waals surface area contributed by atoms with Crippen LogP contribution in [0.1, 0.15) is 48.8 Å². The summed E-state index contributed by atoms with van der Waals surface area (Å²) in [5, 5.41) is 0.105. The number of hydrogen-bond acceptors (Lipinski definition) is 1. The third-order valence-electron chi connectivity index (χ3n) is 3.35. The van der Waals surface area contributed by atoms with Gasteiger partial charge in [-0.2, -0.15) is 0 Å². The first kappa shape index (κ1) is 14.4. The first-order chi connectivity index (χ1) is 7.99. The smallest absolute Gasteiger partial charge is 0.124 e. The molecule has 2 heteroatoms. The van der Waals surface area contributed by atoms with Crippen molar-refractivity contribution in [3.8, 4) is 5.75 Å². The highest BCUT2D eigenvalue weighted by Gasteiger charge is 2.14. The highest BCUT2D eigenvalue weighted by atomic mass is 35.5. The lowest BCUT2D eigenvalue weighted by atomic mass is 9.96. The Hall–Kier alpha value is -0.690. The fraction of sp³-hybridized carbons (Fsp3) is 0.600. The van der Waals surface area contributed by atoms with E-state index in [0.717, 1.165) is 23.3 Å². The van der Waals surface area contributed by atoms with Gasteiger partial charge in [0.1, 0.15) is 5.75 Å². The Morgan fingerprint density at radius 3 is 2.18 bits per heavy atom. The number of ether oxygens (including phenoxy) is 1. The predicted octanol–water partition coefficient (Wildman–Crippen LogP) is 5.03. The molecule has 2 atom stereocenters. The topological polar surface area (TPSA) is 9.23 Å². The molecule has 0 aliphatic carbocycles. The van der Waals surface area contributed by atoms with Crippen molar-refractivity contribution in [3.63, 3.8) is 0 Å². The maximum Gasteiger partial charge on any atom is 0.124 e. The van der Waals surface area contributed by atoms with Crippen molar-refractivity contribution in [1.29, 1.82) is 0 Å². The molecule has 0 N–H and O–H groups in total. The van der Waals surface area contributed by atoms with Crippen LogP contribution < -0.4 is 4.74 Å². The average Bonchev–Trinajstić information content (AvgIpc) is 2.28. The Kier molecular flexibility index (Phi) is 5.32. The number of rotatable bonds is 5. The highest BCUT2D eigenvalue weighted by Crippen LogP contribution is 2.33. The zero-order valence-electron chi connectivity index (χ0n) is 11.5. The molecule has 1 nitrogen and oxygen atoms in total. The molecular formula is C15H23ClO. The minimum Gasteiger partial charge on any atom is -0.496 e. The molecule has 0 fully saturated rings. The number of methoxy groups -OCH3 is 1. The Balaban J connectivity index is 2.92. The molecule has 0 radical (unpaired) electrons. The molecule has 2 unspecified atom stereocenters. The summed E-state index contributed by atoms with van der Waals surface area (Å²) in [6.07, 6.45) is 2.21. The third-order valence-corrected chi connectivity index (χ3v) is 3.78. The van der Waals surface area contributed by atoms with Crippen molar-refractivity contribution in [2.45, 2.75) is 45.9 Å². The summed E-state index contributed by atoms with van der Waals surface area (Å²) in [7, 11) is 1.71. The molecule has 0 saturated heterocycles. The van der Waals surface area contributed by atoms with Gasteiger partial charge in [0.05, 0.1) is 12.5 Å². The Bertz CT molecular complexity index is 350. The standard InChI is InChI=1S/C15H23ClO/c1-6-10(2)7-14(16)13-8-11(3)15(17-5)12(4)9-13/h8-10,14H,6-7H2,1-5H3. The van der Waals surface area contributed by atoms with Crippen LogP contribution in [0.4, 0.5) is 0 Å². The number of aryl methyl sites for hydroxylation is 2. The molecule has 0 bridgehead atoms. The molecular weight excluding hydrogens is 232 g/mol. The van der Waals surface area contributed by atoms with Crippen molar-refractivity contribution in [2.75, 3.05) is 7.11 Å². The van der Waals surface area contributed by atoms with E-state index in [1.807, 2.05) is 0 Å². The van der Waals surface area contributed by atoms with E-state index in [0.29, 0.717) is 5.92 Å². The second kappa shape index (κ2) is 6.30. The van der Waals surface area contributed by atoms with Crippen molar-refractivity contribution in [1.82, 2.24) is 0 Å². The number of halogens is 1. The van der Waals surface area contributed by atoms with Gasteiger partial charge >= 0.3 is 0 Å². The summed E-state index contributed by atoms with van der Waals surface area (Å²) in [5.41, 5.74) is 3.54. The zero-order chi connectivity index (χ0) is 13.0. The lowest BCUT2D eigenvalue weighted by molar-refractivity contribution is 0.408. The predicted molar refractivity (Wildman–Crippen MR) is 75.1 cm³/mol. The monoisotopic (exact) mass is 254 g/mol. The van der Waals surface area contributed by atoms with Crippen molar-refractivity contribution in [3.05, 3.63) is 28.8 Å². The molecule has 0 amide bonds. The van der Waals surface area contributed by atoms with Crippen LogP contribution in [0.25, 0.3) is 0 Å². The Morgan fingerprint density at radius 2 is 1.76 bits per heavy atom. The van der Waals surface area contributed by atoms with E-state index in [2.05, 4.69) is 39.8 Å². The first-order valence-electron chi connectivity index (χ1n) is 6.28. The summed E-state index contributed by atoms with van der Waals surface area (Å²) in [6.45, 7) is 8.60. The van der Waals surface area contributed by atoms with E-state index < -0.39 is 0 Å². The largest absolute Gasteiger partial charge is 0.496 e. The van der Waals surface area contributed by atoms with Crippen LogP contribution in [-0.2, 0) is 0 Å². The summed E-state index contributed by atoms with van der Waals surface area (Å²) in [5.74, 6) is 1.64. The van der Waals surface area contributed by atoms with Gasteiger partial charge in [0.2, 0.25) is 0 Å². The van der Waals surface area contributed by atoms with Gasteiger partial charge in [0, 0.05) is 0 Å². The SMILES string of the molecule is CCC(C)CC(Cl)c1cc(C)c(OC)c(C)c1. The van der Waals surface area contributed by atoms with Crippen LogP contribution in [-0.4, -0.2) is 7.11 Å². The van der Waals surface area contributed by atoms with Gasteiger partial charge in [-0.3, -0.25) is 0 Å². The van der Waals surface area contributed by atoms with Crippen LogP contribution in [0, 0.1) is 19.8 Å². The van der Waals surface area contributed by atoms with Gasteiger partial charge in [-0.15, -0.1) is 11.6 Å². The van der Waals surface area contributed by atoms with Gasteiger partial charge in [0.15, 0.2) is 0 Å². The highest BCUT2D eigenvalue weighted by molar-refractivity contribution is 6.20. The van der Waals surface area contributed by atoms with Crippen LogP contribution in [0.15, 0.2) is 12.1 Å². The maximum absolute atomic E-state index is 6.48. The maximum atomic E-state index is 6.48. The normalized spacial score (nSPS) is 14.5. The van der Waals surface area contributed by atoms with E-state index in [9.17, 15) is 0 Å². The van der Waals surface area contributed by atoms with Crippen LogP contribution in [0.2, 0.25) is 0 Å². The van der Waals surface area contributed by atoms with Crippen molar-refractivity contribution in [2.24, 2.45) is 5.92 Å². The molecule has 1 aromatic rings. The van der Waals surface area contributed by atoms with E-state index in [1.54, 1.807) is 7.11 Å². The summed E-state index contributed by atoms with van der Waals surface area (Å²) >= 11 is 6.48. The molecule has 0 heterocycles. The second-order valence-corrected chi connectivity index (χ2v) is 5.43. The van der Waals surface area contributed by atoms with Crippen LogP contribution in [0.3, 0.4) is 0 Å². The Morgan fingerprint density at radius 1 is 1.24 bits per heavy atom. The minimum absolute atomic E-state index is 0.105. The minimum atomic E-state index is 0.105. The number of alkyl halides is 1. The molecule has 0 aliphatic heterocycles. The van der Waals surface area contributed by atoms with Crippen molar-refractivity contribution < 1.29 is 4.74 Å². The lowest BCUT2D eigenvalue weighted by Gasteiger charge is -2.17. The van der Waals surface area contributed by atoms with Crippen LogP contribution in [0.5, 0.6) is 5.75 Å². The number of hydrogen-bond donors (Lipinski definition) is 0. The Labute approximate surface area is 110 Å². The van der Waals surface area contributed by atoms with E-state index in [1.165, 1.54) is 12.0 Å². The van der Waals surface area contributed by atoms with E-state index in [-0.39, 0.29) is 5.38 Å². The fourth-order valence-electron chi connectivity index (χ4n) is 2.14. The molecule has 96 valence electrons. The molecule has 1 aromatic carbocycles. The second-order valence-electron chi connectivity index (χ2n) is 4.90. The molecule has 17 heavy (non-hydrogen) atoms. The van der Waals surface area contributed by atoms with Gasteiger partial charge in [-0.05, 0) is 42.9 Å². The molecule has 1 rings (SSSR count).